The summed E-state index contributed by atoms with van der Waals surface area (Å²) in [5, 5.41) is 1.39. The zero-order valence-corrected chi connectivity index (χ0v) is 11.4. The molecule has 0 atom stereocenters. The Kier molecular flexibility index (Phi) is 3.42. The molecule has 0 saturated heterocycles. The monoisotopic (exact) mass is 258 g/mol. The minimum absolute atomic E-state index is 0.195. The van der Waals surface area contributed by atoms with E-state index >= 15 is 0 Å². The molecule has 4 heteroatoms. The van der Waals surface area contributed by atoms with Crippen LogP contribution in [0, 0.1) is 0 Å². The molecule has 0 unspecified atom stereocenters. The van der Waals surface area contributed by atoms with Crippen LogP contribution in [-0.4, -0.2) is 22.4 Å². The van der Waals surface area contributed by atoms with E-state index in [0.29, 0.717) is 12.0 Å². The van der Waals surface area contributed by atoms with E-state index < -0.39 is 5.54 Å². The number of allylic oxidation sites excluding steroid dienone is 1. The van der Waals surface area contributed by atoms with Crippen molar-refractivity contribution in [3.05, 3.63) is 47.5 Å². The summed E-state index contributed by atoms with van der Waals surface area (Å²) in [5.41, 5.74) is 3.50. The van der Waals surface area contributed by atoms with Crippen molar-refractivity contribution in [1.82, 2.24) is 10.4 Å². The van der Waals surface area contributed by atoms with Gasteiger partial charge in [0, 0.05) is 11.1 Å². The Bertz CT molecular complexity index is 527. The van der Waals surface area contributed by atoms with Crippen LogP contribution in [0.15, 0.2) is 42.0 Å². The molecule has 1 N–H and O–H groups in total. The van der Waals surface area contributed by atoms with Crippen molar-refractivity contribution >= 4 is 11.8 Å². The first-order valence-electron chi connectivity index (χ1n) is 6.29. The normalized spacial score (nSPS) is 13.5. The predicted octanol–water partition coefficient (Wildman–Crippen LogP) is 2.29. The zero-order valence-electron chi connectivity index (χ0n) is 11.4. The molecule has 0 bridgehead atoms. The molecule has 4 nitrogen and oxygen atoms in total. The van der Waals surface area contributed by atoms with E-state index in [9.17, 15) is 9.59 Å². The summed E-state index contributed by atoms with van der Waals surface area (Å²) in [4.78, 5) is 24.3. The summed E-state index contributed by atoms with van der Waals surface area (Å²) in [5.74, 6) is -0.401. The summed E-state index contributed by atoms with van der Waals surface area (Å²) >= 11 is 0. The van der Waals surface area contributed by atoms with Crippen molar-refractivity contribution in [2.45, 2.75) is 32.7 Å². The lowest BCUT2D eigenvalue weighted by atomic mass is 10.1. The quantitative estimate of drug-likeness (QED) is 0.827. The van der Waals surface area contributed by atoms with Gasteiger partial charge < -0.3 is 0 Å². The smallest absolute Gasteiger partial charge is 0.268 e. The van der Waals surface area contributed by atoms with Crippen LogP contribution < -0.4 is 5.43 Å². The molecule has 0 radical (unpaired) electrons. The maximum Gasteiger partial charge on any atom is 0.272 e. The highest BCUT2D eigenvalue weighted by molar-refractivity contribution is 6.01. The third-order valence-corrected chi connectivity index (χ3v) is 2.81. The van der Waals surface area contributed by atoms with Crippen molar-refractivity contribution < 1.29 is 9.59 Å². The second-order valence-corrected chi connectivity index (χ2v) is 5.55. The summed E-state index contributed by atoms with van der Waals surface area (Å²) < 4.78 is 0. The lowest BCUT2D eigenvalue weighted by Crippen LogP contribution is -2.55. The van der Waals surface area contributed by atoms with E-state index in [1.165, 1.54) is 5.01 Å². The van der Waals surface area contributed by atoms with Crippen molar-refractivity contribution in [3.63, 3.8) is 0 Å². The van der Waals surface area contributed by atoms with E-state index in [1.807, 2.05) is 32.9 Å². The number of rotatable bonds is 2. The summed E-state index contributed by atoms with van der Waals surface area (Å²) in [6.07, 6.45) is 2.55. The molecule has 19 heavy (non-hydrogen) atoms. The number of carbonyl (C=O) groups is 2. The summed E-state index contributed by atoms with van der Waals surface area (Å²) in [7, 11) is 0. The van der Waals surface area contributed by atoms with Gasteiger partial charge in [-0.25, -0.2) is 5.01 Å². The van der Waals surface area contributed by atoms with Crippen LogP contribution in [0.5, 0.6) is 0 Å². The number of nitrogens with one attached hydrogen (secondary N) is 1. The fourth-order valence-corrected chi connectivity index (χ4v) is 1.64. The Morgan fingerprint density at radius 3 is 2.21 bits per heavy atom. The van der Waals surface area contributed by atoms with Gasteiger partial charge in [0.15, 0.2) is 0 Å². The van der Waals surface area contributed by atoms with Crippen LogP contribution in [0.4, 0.5) is 0 Å². The molecule has 1 aliphatic carbocycles. The third kappa shape index (κ3) is 3.22. The van der Waals surface area contributed by atoms with E-state index in [-0.39, 0.29) is 11.8 Å². The van der Waals surface area contributed by atoms with Gasteiger partial charge in [-0.2, -0.15) is 0 Å². The SMILES string of the molecule is CC(C)(C)N(NC(=O)C1=CC1)C(=O)c1ccccc1. The second kappa shape index (κ2) is 4.88. The predicted molar refractivity (Wildman–Crippen MR) is 73.2 cm³/mol. The average molecular weight is 258 g/mol. The number of hydrogen-bond donors (Lipinski definition) is 1. The Hall–Kier alpha value is -2.10. The minimum Gasteiger partial charge on any atom is -0.268 e. The Morgan fingerprint density at radius 1 is 1.16 bits per heavy atom. The second-order valence-electron chi connectivity index (χ2n) is 5.55. The van der Waals surface area contributed by atoms with Gasteiger partial charge in [-0.3, -0.25) is 15.0 Å². The first-order valence-corrected chi connectivity index (χ1v) is 6.29. The van der Waals surface area contributed by atoms with Crippen LogP contribution in [0.1, 0.15) is 37.6 Å². The van der Waals surface area contributed by atoms with Gasteiger partial charge in [0.1, 0.15) is 0 Å². The van der Waals surface area contributed by atoms with Gasteiger partial charge in [0.25, 0.3) is 11.8 Å². The van der Waals surface area contributed by atoms with Crippen molar-refractivity contribution in [1.29, 1.82) is 0 Å². The summed E-state index contributed by atoms with van der Waals surface area (Å²) in [6.45, 7) is 5.65. The van der Waals surface area contributed by atoms with Crippen LogP contribution in [-0.2, 0) is 4.79 Å². The van der Waals surface area contributed by atoms with Crippen molar-refractivity contribution in [2.75, 3.05) is 0 Å². The van der Waals surface area contributed by atoms with E-state index in [1.54, 1.807) is 24.3 Å². The van der Waals surface area contributed by atoms with Gasteiger partial charge in [0.05, 0.1) is 5.54 Å². The van der Waals surface area contributed by atoms with Gasteiger partial charge >= 0.3 is 0 Å². The third-order valence-electron chi connectivity index (χ3n) is 2.81. The largest absolute Gasteiger partial charge is 0.272 e. The molecule has 2 amide bonds. The highest BCUT2D eigenvalue weighted by Gasteiger charge is 2.31. The number of amides is 2. The molecule has 2 rings (SSSR count). The van der Waals surface area contributed by atoms with Gasteiger partial charge in [-0.15, -0.1) is 0 Å². The van der Waals surface area contributed by atoms with Crippen LogP contribution in [0.25, 0.3) is 0 Å². The number of nitrogens with zero attached hydrogens (tertiary/aromatic N) is 1. The number of hydrazine groups is 1. The molecular formula is C15H18N2O2. The fourth-order valence-electron chi connectivity index (χ4n) is 1.64. The van der Waals surface area contributed by atoms with E-state index in [0.717, 1.165) is 5.57 Å². The van der Waals surface area contributed by atoms with E-state index in [4.69, 9.17) is 0 Å². The lowest BCUT2D eigenvalue weighted by molar-refractivity contribution is -0.122. The fraction of sp³-hybridized carbons (Fsp3) is 0.333. The average Bonchev–Trinajstić information content (AvgIpc) is 3.18. The molecule has 1 aromatic carbocycles. The Labute approximate surface area is 113 Å². The molecule has 0 spiro atoms. The molecule has 0 heterocycles. The number of carbonyl (C=O) groups excluding carboxylic acids is 2. The Balaban J connectivity index is 2.20. The highest BCUT2D eigenvalue weighted by Crippen LogP contribution is 2.20. The van der Waals surface area contributed by atoms with Crippen LogP contribution in [0.3, 0.4) is 0 Å². The maximum atomic E-state index is 12.5. The lowest BCUT2D eigenvalue weighted by Gasteiger charge is -2.35. The molecule has 1 aromatic rings. The maximum absolute atomic E-state index is 12.5. The van der Waals surface area contributed by atoms with Gasteiger partial charge in [-0.05, 0) is 39.3 Å². The first-order chi connectivity index (χ1) is 8.89. The molecule has 100 valence electrons. The molecular weight excluding hydrogens is 240 g/mol. The van der Waals surface area contributed by atoms with Crippen LogP contribution >= 0.6 is 0 Å². The van der Waals surface area contributed by atoms with Gasteiger partial charge in [0.2, 0.25) is 0 Å². The molecule has 0 saturated carbocycles. The molecule has 0 aliphatic heterocycles. The number of benzene rings is 1. The summed E-state index contributed by atoms with van der Waals surface area (Å²) in [6, 6.07) is 8.94. The number of hydrogen-bond acceptors (Lipinski definition) is 2. The zero-order chi connectivity index (χ0) is 14.0. The first kappa shape index (κ1) is 13.3. The van der Waals surface area contributed by atoms with Gasteiger partial charge in [-0.1, -0.05) is 24.3 Å². The topological polar surface area (TPSA) is 49.4 Å². The molecule has 1 aliphatic rings. The highest BCUT2D eigenvalue weighted by atomic mass is 16.2. The minimum atomic E-state index is -0.488. The van der Waals surface area contributed by atoms with Crippen LogP contribution in [0.2, 0.25) is 0 Å². The molecule has 0 fully saturated rings. The Morgan fingerprint density at radius 2 is 1.74 bits per heavy atom. The van der Waals surface area contributed by atoms with E-state index in [2.05, 4.69) is 5.43 Å². The van der Waals surface area contributed by atoms with Crippen molar-refractivity contribution in [3.8, 4) is 0 Å². The molecule has 0 aromatic heterocycles. The standard InChI is InChI=1S/C15H18N2O2/c1-15(2,3)17(16-13(18)11-9-10-11)14(19)12-7-5-4-6-8-12/h4-9H,10H2,1-3H3,(H,16,18). The van der Waals surface area contributed by atoms with Crippen molar-refractivity contribution in [2.24, 2.45) is 0 Å².